The monoisotopic (exact) mass is 244 g/mol. The molecule has 0 aromatic carbocycles. The third-order valence-corrected chi connectivity index (χ3v) is 6.56. The van der Waals surface area contributed by atoms with Crippen LogP contribution in [-0.4, -0.2) is 5.97 Å². The molecule has 5 aliphatic rings. The quantitative estimate of drug-likeness (QED) is 0.611. The summed E-state index contributed by atoms with van der Waals surface area (Å²) in [5.74, 6) is 5.18. The summed E-state index contributed by atoms with van der Waals surface area (Å²) in [5.41, 5.74) is 1.57. The molecule has 0 aromatic rings. The molecule has 1 heterocycles. The average molecular weight is 244 g/mol. The second kappa shape index (κ2) is 3.20. The Hall–Kier alpha value is -0.790. The number of rotatable bonds is 0. The van der Waals surface area contributed by atoms with Crippen LogP contribution in [0.2, 0.25) is 0 Å². The Morgan fingerprint density at radius 2 is 1.78 bits per heavy atom. The fraction of sp³-hybridized carbons (Fsp3) is 0.812. The number of carbonyl (C=O) groups excluding carboxylic acids is 1. The highest BCUT2D eigenvalue weighted by atomic mass is 16.5. The van der Waals surface area contributed by atoms with Gasteiger partial charge in [0.1, 0.15) is 5.76 Å². The summed E-state index contributed by atoms with van der Waals surface area (Å²) < 4.78 is 5.79. The molecular weight excluding hydrogens is 224 g/mol. The number of allylic oxidation sites excluding steroid dienone is 2. The average Bonchev–Trinajstić information content (AvgIpc) is 3.14. The van der Waals surface area contributed by atoms with Gasteiger partial charge in [-0.05, 0) is 74.2 Å². The number of carbonyl (C=O) groups is 1. The predicted molar refractivity (Wildman–Crippen MR) is 66.4 cm³/mol. The Bertz CT molecular complexity index is 464. The van der Waals surface area contributed by atoms with Gasteiger partial charge in [0.25, 0.3) is 0 Å². The zero-order valence-electron chi connectivity index (χ0n) is 10.7. The number of fused-ring (bicyclic) bond motifs is 7. The SMILES string of the molecule is O=C1O/C(=C2\C[C@@H]3CC[C@H]2C3)[C@@H]2[C@H]3CC[C@H](C3)[C@H]12. The van der Waals surface area contributed by atoms with Crippen LogP contribution >= 0.6 is 0 Å². The predicted octanol–water partition coefficient (Wildman–Crippen LogP) is 3.28. The van der Waals surface area contributed by atoms with E-state index in [2.05, 4.69) is 0 Å². The van der Waals surface area contributed by atoms with Crippen LogP contribution in [0.5, 0.6) is 0 Å². The van der Waals surface area contributed by atoms with E-state index in [9.17, 15) is 4.79 Å². The van der Waals surface area contributed by atoms with Crippen molar-refractivity contribution in [2.75, 3.05) is 0 Å². The van der Waals surface area contributed by atoms with Gasteiger partial charge in [-0.2, -0.15) is 0 Å². The molecule has 6 atom stereocenters. The minimum absolute atomic E-state index is 0.123. The first-order valence-corrected chi connectivity index (χ1v) is 7.76. The lowest BCUT2D eigenvalue weighted by Gasteiger charge is -2.24. The molecule has 0 unspecified atom stereocenters. The normalized spacial score (nSPS) is 56.3. The van der Waals surface area contributed by atoms with E-state index in [-0.39, 0.29) is 11.9 Å². The number of hydrogen-bond donors (Lipinski definition) is 0. The van der Waals surface area contributed by atoms with Gasteiger partial charge in [0, 0.05) is 5.92 Å². The van der Waals surface area contributed by atoms with Gasteiger partial charge >= 0.3 is 5.97 Å². The lowest BCUT2D eigenvalue weighted by molar-refractivity contribution is -0.140. The Kier molecular flexibility index (Phi) is 1.79. The van der Waals surface area contributed by atoms with E-state index < -0.39 is 0 Å². The van der Waals surface area contributed by atoms with Gasteiger partial charge in [-0.25, -0.2) is 0 Å². The topological polar surface area (TPSA) is 26.3 Å². The van der Waals surface area contributed by atoms with Crippen LogP contribution in [0.25, 0.3) is 0 Å². The standard InChI is InChI=1S/C16H20O2/c17-16-14-11-4-3-10(7-11)13(14)15(18-16)12-6-8-1-2-9(12)5-8/h8-11,13-14H,1-7H2/b15-12+/t8-,9+,10+,11-,13-,14+/m1/s1. The van der Waals surface area contributed by atoms with Crippen molar-refractivity contribution in [1.82, 2.24) is 0 Å². The van der Waals surface area contributed by atoms with Crippen LogP contribution in [0.3, 0.4) is 0 Å². The van der Waals surface area contributed by atoms with E-state index in [1.165, 1.54) is 50.7 Å². The van der Waals surface area contributed by atoms with E-state index in [1.54, 1.807) is 5.57 Å². The lowest BCUT2D eigenvalue weighted by Crippen LogP contribution is -2.23. The molecule has 4 aliphatic carbocycles. The van der Waals surface area contributed by atoms with Crippen molar-refractivity contribution in [3.63, 3.8) is 0 Å². The minimum Gasteiger partial charge on any atom is -0.431 e. The fourth-order valence-corrected chi connectivity index (χ4v) is 5.89. The highest BCUT2D eigenvalue weighted by Crippen LogP contribution is 2.61. The first kappa shape index (κ1) is 10.1. The summed E-state index contributed by atoms with van der Waals surface area (Å²) in [6.45, 7) is 0. The second-order valence-corrected chi connectivity index (χ2v) is 7.28. The molecule has 2 heteroatoms. The van der Waals surface area contributed by atoms with Crippen molar-refractivity contribution in [3.05, 3.63) is 11.3 Å². The fourth-order valence-electron chi connectivity index (χ4n) is 5.89. The van der Waals surface area contributed by atoms with Gasteiger partial charge in [-0.1, -0.05) is 0 Å². The maximum atomic E-state index is 12.2. The zero-order valence-corrected chi connectivity index (χ0v) is 10.7. The second-order valence-electron chi connectivity index (χ2n) is 7.28. The number of hydrogen-bond acceptors (Lipinski definition) is 2. The molecule has 0 N–H and O–H groups in total. The van der Waals surface area contributed by atoms with Gasteiger partial charge in [-0.3, -0.25) is 4.79 Å². The maximum Gasteiger partial charge on any atom is 0.315 e. The summed E-state index contributed by atoms with van der Waals surface area (Å²) in [6.07, 6.45) is 9.30. The third-order valence-electron chi connectivity index (χ3n) is 6.56. The molecule has 4 saturated carbocycles. The first-order valence-electron chi connectivity index (χ1n) is 7.76. The Labute approximate surface area is 108 Å². The van der Waals surface area contributed by atoms with Crippen molar-refractivity contribution >= 4 is 5.97 Å². The molecular formula is C16H20O2. The van der Waals surface area contributed by atoms with E-state index in [0.717, 1.165) is 17.8 Å². The summed E-state index contributed by atoms with van der Waals surface area (Å²) in [6, 6.07) is 0. The van der Waals surface area contributed by atoms with E-state index >= 15 is 0 Å². The van der Waals surface area contributed by atoms with Crippen molar-refractivity contribution < 1.29 is 9.53 Å². The summed E-state index contributed by atoms with van der Waals surface area (Å²) in [5, 5.41) is 0. The lowest BCUT2D eigenvalue weighted by atomic mass is 9.77. The highest BCUT2D eigenvalue weighted by Gasteiger charge is 2.59. The molecule has 1 aliphatic heterocycles. The minimum atomic E-state index is 0.123. The van der Waals surface area contributed by atoms with Gasteiger partial charge in [0.05, 0.1) is 5.92 Å². The van der Waals surface area contributed by atoms with Crippen molar-refractivity contribution in [2.24, 2.45) is 35.5 Å². The molecule has 0 aromatic heterocycles. The van der Waals surface area contributed by atoms with Gasteiger partial charge in [-0.15, -0.1) is 0 Å². The van der Waals surface area contributed by atoms with Gasteiger partial charge in [0.2, 0.25) is 0 Å². The van der Waals surface area contributed by atoms with Gasteiger partial charge < -0.3 is 4.74 Å². The van der Waals surface area contributed by atoms with Crippen molar-refractivity contribution in [1.29, 1.82) is 0 Å². The molecule has 0 radical (unpaired) electrons. The first-order chi connectivity index (χ1) is 8.81. The van der Waals surface area contributed by atoms with Crippen LogP contribution in [0.15, 0.2) is 11.3 Å². The van der Waals surface area contributed by atoms with E-state index in [1.807, 2.05) is 0 Å². The zero-order chi connectivity index (χ0) is 11.9. The molecule has 96 valence electrons. The number of ether oxygens (including phenoxy) is 1. The molecule has 2 nitrogen and oxygen atoms in total. The van der Waals surface area contributed by atoms with Crippen LogP contribution in [0.4, 0.5) is 0 Å². The Morgan fingerprint density at radius 3 is 2.50 bits per heavy atom. The highest BCUT2D eigenvalue weighted by molar-refractivity contribution is 5.79. The summed E-state index contributed by atoms with van der Waals surface area (Å²) in [4.78, 5) is 12.2. The largest absolute Gasteiger partial charge is 0.431 e. The number of esters is 1. The summed E-state index contributed by atoms with van der Waals surface area (Å²) >= 11 is 0. The van der Waals surface area contributed by atoms with Crippen molar-refractivity contribution in [3.8, 4) is 0 Å². The van der Waals surface area contributed by atoms with Gasteiger partial charge in [0.15, 0.2) is 0 Å². The molecule has 18 heavy (non-hydrogen) atoms. The summed E-state index contributed by atoms with van der Waals surface area (Å²) in [7, 11) is 0. The third kappa shape index (κ3) is 1.08. The Morgan fingerprint density at radius 1 is 0.944 bits per heavy atom. The molecule has 1 saturated heterocycles. The van der Waals surface area contributed by atoms with Crippen LogP contribution < -0.4 is 0 Å². The molecule has 5 rings (SSSR count). The van der Waals surface area contributed by atoms with Crippen molar-refractivity contribution in [2.45, 2.75) is 44.9 Å². The van der Waals surface area contributed by atoms with E-state index in [4.69, 9.17) is 4.74 Å². The smallest absolute Gasteiger partial charge is 0.315 e. The number of cyclic esters (lactones) is 1. The molecule has 0 amide bonds. The van der Waals surface area contributed by atoms with Crippen LogP contribution in [-0.2, 0) is 9.53 Å². The maximum absolute atomic E-state index is 12.2. The molecule has 4 bridgehead atoms. The van der Waals surface area contributed by atoms with Crippen LogP contribution in [0.1, 0.15) is 44.9 Å². The Balaban J connectivity index is 1.59. The van der Waals surface area contributed by atoms with Crippen LogP contribution in [0, 0.1) is 35.5 Å². The molecule has 5 fully saturated rings. The van der Waals surface area contributed by atoms with E-state index in [0.29, 0.717) is 11.8 Å². The molecule has 0 spiro atoms.